The Kier molecular flexibility index (Phi) is 3.53. The number of ether oxygens (including phenoxy) is 1. The predicted molar refractivity (Wildman–Crippen MR) is 59.6 cm³/mol. The van der Waals surface area contributed by atoms with Gasteiger partial charge in [-0.15, -0.1) is 0 Å². The Morgan fingerprint density at radius 1 is 1.29 bits per heavy atom. The first-order valence-corrected chi connectivity index (χ1v) is 4.89. The predicted octanol–water partition coefficient (Wildman–Crippen LogP) is 2.58. The molecular weight excluding hydrogens is 174 g/mol. The number of hydrogen-bond acceptors (Lipinski definition) is 2. The number of methoxy groups -OCH3 is 1. The van der Waals surface area contributed by atoms with Gasteiger partial charge >= 0.3 is 0 Å². The summed E-state index contributed by atoms with van der Waals surface area (Å²) in [6, 6.07) is 8.12. The average molecular weight is 193 g/mol. The molecule has 0 amide bonds. The number of hydrogen-bond donors (Lipinski definition) is 1. The minimum absolute atomic E-state index is 0.156. The summed E-state index contributed by atoms with van der Waals surface area (Å²) in [5.74, 6) is 0.915. The number of benzene rings is 1. The van der Waals surface area contributed by atoms with Crippen molar-refractivity contribution in [2.75, 3.05) is 7.11 Å². The van der Waals surface area contributed by atoms with Crippen molar-refractivity contribution in [2.45, 2.75) is 32.9 Å². The smallest absolute Gasteiger partial charge is 0.119 e. The van der Waals surface area contributed by atoms with Gasteiger partial charge < -0.3 is 10.1 Å². The summed E-state index contributed by atoms with van der Waals surface area (Å²) in [6.07, 6.45) is 0. The molecule has 1 N–H and O–H groups in total. The largest absolute Gasteiger partial charge is 0.497 e. The molecule has 0 heterocycles. The molecule has 0 aromatic heterocycles. The van der Waals surface area contributed by atoms with E-state index in [0.717, 1.165) is 12.3 Å². The molecule has 0 spiro atoms. The molecular formula is C12H19NO. The lowest BCUT2D eigenvalue weighted by molar-refractivity contribution is 0.409. The van der Waals surface area contributed by atoms with E-state index in [1.165, 1.54) is 5.56 Å². The van der Waals surface area contributed by atoms with Crippen LogP contribution in [0.4, 0.5) is 0 Å². The van der Waals surface area contributed by atoms with Gasteiger partial charge in [0.05, 0.1) is 7.11 Å². The third-order valence-corrected chi connectivity index (χ3v) is 1.96. The molecule has 1 rings (SSSR count). The molecule has 0 aliphatic rings. The Balaban J connectivity index is 2.59. The Labute approximate surface area is 86.3 Å². The Morgan fingerprint density at radius 2 is 2.00 bits per heavy atom. The Morgan fingerprint density at radius 3 is 2.57 bits per heavy atom. The fourth-order valence-electron chi connectivity index (χ4n) is 1.15. The maximum Gasteiger partial charge on any atom is 0.119 e. The SMILES string of the molecule is COc1cccc(CNC(C)(C)C)c1. The zero-order valence-corrected chi connectivity index (χ0v) is 9.42. The number of nitrogens with one attached hydrogen (secondary N) is 1. The zero-order chi connectivity index (χ0) is 10.6. The van der Waals surface area contributed by atoms with Crippen LogP contribution in [0.1, 0.15) is 26.3 Å². The van der Waals surface area contributed by atoms with Crippen LogP contribution in [-0.4, -0.2) is 12.6 Å². The highest BCUT2D eigenvalue weighted by Gasteiger charge is 2.08. The summed E-state index contributed by atoms with van der Waals surface area (Å²) in [7, 11) is 1.69. The lowest BCUT2D eigenvalue weighted by atomic mass is 10.1. The first kappa shape index (κ1) is 11.1. The maximum absolute atomic E-state index is 5.16. The monoisotopic (exact) mass is 193 g/mol. The summed E-state index contributed by atoms with van der Waals surface area (Å²) >= 11 is 0. The second-order valence-corrected chi connectivity index (χ2v) is 4.46. The minimum atomic E-state index is 0.156. The molecule has 0 atom stereocenters. The summed E-state index contributed by atoms with van der Waals surface area (Å²) in [5.41, 5.74) is 1.41. The molecule has 0 saturated carbocycles. The fourth-order valence-corrected chi connectivity index (χ4v) is 1.15. The van der Waals surface area contributed by atoms with Gasteiger partial charge in [-0.3, -0.25) is 0 Å². The van der Waals surface area contributed by atoms with Crippen LogP contribution in [0.2, 0.25) is 0 Å². The van der Waals surface area contributed by atoms with Crippen LogP contribution in [0.25, 0.3) is 0 Å². The van der Waals surface area contributed by atoms with Crippen LogP contribution in [0.3, 0.4) is 0 Å². The molecule has 0 bridgehead atoms. The lowest BCUT2D eigenvalue weighted by Gasteiger charge is -2.20. The third kappa shape index (κ3) is 3.79. The highest BCUT2D eigenvalue weighted by atomic mass is 16.5. The molecule has 0 radical (unpaired) electrons. The Bertz CT molecular complexity index is 289. The van der Waals surface area contributed by atoms with Gasteiger partial charge in [0.25, 0.3) is 0 Å². The van der Waals surface area contributed by atoms with Gasteiger partial charge in [-0.2, -0.15) is 0 Å². The van der Waals surface area contributed by atoms with Gasteiger partial charge in [0.1, 0.15) is 5.75 Å². The topological polar surface area (TPSA) is 21.3 Å². The van der Waals surface area contributed by atoms with E-state index in [1.807, 2.05) is 12.1 Å². The molecule has 0 fully saturated rings. The molecule has 0 saturated heterocycles. The van der Waals surface area contributed by atoms with E-state index >= 15 is 0 Å². The quantitative estimate of drug-likeness (QED) is 0.796. The molecule has 2 heteroatoms. The Hall–Kier alpha value is -1.02. The lowest BCUT2D eigenvalue weighted by Crippen LogP contribution is -2.35. The van der Waals surface area contributed by atoms with Crippen LogP contribution in [0.15, 0.2) is 24.3 Å². The van der Waals surface area contributed by atoms with Gasteiger partial charge in [-0.05, 0) is 38.5 Å². The molecule has 14 heavy (non-hydrogen) atoms. The van der Waals surface area contributed by atoms with E-state index in [0.29, 0.717) is 0 Å². The summed E-state index contributed by atoms with van der Waals surface area (Å²) in [6.45, 7) is 7.36. The van der Waals surface area contributed by atoms with E-state index in [2.05, 4.69) is 38.2 Å². The first-order chi connectivity index (χ1) is 6.51. The number of rotatable bonds is 3. The van der Waals surface area contributed by atoms with Crippen molar-refractivity contribution in [3.63, 3.8) is 0 Å². The van der Waals surface area contributed by atoms with Gasteiger partial charge in [0.15, 0.2) is 0 Å². The van der Waals surface area contributed by atoms with Crippen LogP contribution < -0.4 is 10.1 Å². The van der Waals surface area contributed by atoms with E-state index in [9.17, 15) is 0 Å². The van der Waals surface area contributed by atoms with E-state index in [-0.39, 0.29) is 5.54 Å². The molecule has 0 aliphatic carbocycles. The standard InChI is InChI=1S/C12H19NO/c1-12(2,3)13-9-10-6-5-7-11(8-10)14-4/h5-8,13H,9H2,1-4H3. The van der Waals surface area contributed by atoms with E-state index in [4.69, 9.17) is 4.74 Å². The van der Waals surface area contributed by atoms with Crippen molar-refractivity contribution >= 4 is 0 Å². The van der Waals surface area contributed by atoms with Crippen molar-refractivity contribution in [2.24, 2.45) is 0 Å². The molecule has 78 valence electrons. The molecule has 2 nitrogen and oxygen atoms in total. The molecule has 0 unspecified atom stereocenters. The van der Waals surface area contributed by atoms with Crippen LogP contribution in [0, 0.1) is 0 Å². The normalized spacial score (nSPS) is 11.4. The maximum atomic E-state index is 5.16. The van der Waals surface area contributed by atoms with Gasteiger partial charge in [-0.25, -0.2) is 0 Å². The summed E-state index contributed by atoms with van der Waals surface area (Å²) < 4.78 is 5.16. The second kappa shape index (κ2) is 4.47. The van der Waals surface area contributed by atoms with Crippen LogP contribution in [0.5, 0.6) is 5.75 Å². The first-order valence-electron chi connectivity index (χ1n) is 4.89. The van der Waals surface area contributed by atoms with Crippen molar-refractivity contribution in [3.8, 4) is 5.75 Å². The summed E-state index contributed by atoms with van der Waals surface area (Å²) in [4.78, 5) is 0. The second-order valence-electron chi connectivity index (χ2n) is 4.46. The van der Waals surface area contributed by atoms with Crippen LogP contribution >= 0.6 is 0 Å². The zero-order valence-electron chi connectivity index (χ0n) is 9.42. The van der Waals surface area contributed by atoms with Crippen molar-refractivity contribution in [3.05, 3.63) is 29.8 Å². The van der Waals surface area contributed by atoms with Crippen molar-refractivity contribution < 1.29 is 4.74 Å². The summed E-state index contributed by atoms with van der Waals surface area (Å²) in [5, 5.41) is 3.43. The minimum Gasteiger partial charge on any atom is -0.497 e. The third-order valence-electron chi connectivity index (χ3n) is 1.96. The fraction of sp³-hybridized carbons (Fsp3) is 0.500. The van der Waals surface area contributed by atoms with E-state index in [1.54, 1.807) is 7.11 Å². The van der Waals surface area contributed by atoms with Gasteiger partial charge in [0.2, 0.25) is 0 Å². The highest BCUT2D eigenvalue weighted by Crippen LogP contribution is 2.13. The average Bonchev–Trinajstić information content (AvgIpc) is 2.14. The molecule has 1 aromatic carbocycles. The highest BCUT2D eigenvalue weighted by molar-refractivity contribution is 5.28. The molecule has 0 aliphatic heterocycles. The van der Waals surface area contributed by atoms with Gasteiger partial charge in [-0.1, -0.05) is 12.1 Å². The van der Waals surface area contributed by atoms with Crippen molar-refractivity contribution in [1.29, 1.82) is 0 Å². The molecule has 1 aromatic rings. The van der Waals surface area contributed by atoms with Crippen molar-refractivity contribution in [1.82, 2.24) is 5.32 Å². The van der Waals surface area contributed by atoms with Gasteiger partial charge in [0, 0.05) is 12.1 Å². The van der Waals surface area contributed by atoms with Crippen LogP contribution in [-0.2, 0) is 6.54 Å². The van der Waals surface area contributed by atoms with E-state index < -0.39 is 0 Å².